The predicted molar refractivity (Wildman–Crippen MR) is 116 cm³/mol. The Hall–Kier alpha value is -2.69. The fraction of sp³-hybridized carbons (Fsp3) is 0.440. The molecule has 0 aromatic heterocycles. The molecule has 2 aromatic carbocycles. The molecule has 2 aromatic rings. The summed E-state index contributed by atoms with van der Waals surface area (Å²) >= 11 is 0. The Kier molecular flexibility index (Phi) is 7.24. The molecule has 1 aliphatic rings. The number of hydrogen-bond donors (Lipinski definition) is 1. The van der Waals surface area contributed by atoms with Gasteiger partial charge in [-0.1, -0.05) is 56.3 Å². The number of nitrogens with one attached hydrogen (secondary N) is 1. The molecule has 0 spiro atoms. The van der Waals surface area contributed by atoms with E-state index in [4.69, 9.17) is 0 Å². The third-order valence-corrected chi connectivity index (χ3v) is 5.70. The second kappa shape index (κ2) is 9.88. The summed E-state index contributed by atoms with van der Waals surface area (Å²) in [5.74, 6) is 0.0791. The van der Waals surface area contributed by atoms with Crippen LogP contribution in [-0.4, -0.2) is 29.8 Å². The van der Waals surface area contributed by atoms with Gasteiger partial charge in [0.05, 0.1) is 5.92 Å². The molecule has 1 fully saturated rings. The molecular formula is C25H31FN2O2. The Morgan fingerprint density at radius 2 is 1.83 bits per heavy atom. The van der Waals surface area contributed by atoms with Crippen LogP contribution in [0.1, 0.15) is 49.8 Å². The molecule has 2 unspecified atom stereocenters. The number of hydrogen-bond acceptors (Lipinski definition) is 2. The van der Waals surface area contributed by atoms with Crippen LogP contribution in [0.15, 0.2) is 48.5 Å². The van der Waals surface area contributed by atoms with Crippen LogP contribution in [0, 0.1) is 17.7 Å². The first-order valence-corrected chi connectivity index (χ1v) is 10.7. The molecule has 1 saturated heterocycles. The summed E-state index contributed by atoms with van der Waals surface area (Å²) in [7, 11) is 0. The molecule has 1 N–H and O–H groups in total. The lowest BCUT2D eigenvalue weighted by Gasteiger charge is -2.18. The number of carbonyl (C=O) groups is 2. The number of halogens is 1. The first-order chi connectivity index (χ1) is 14.3. The van der Waals surface area contributed by atoms with Crippen molar-refractivity contribution in [2.75, 3.05) is 13.1 Å². The molecule has 4 nitrogen and oxygen atoms in total. The maximum atomic E-state index is 13.9. The van der Waals surface area contributed by atoms with Gasteiger partial charge in [0.2, 0.25) is 11.8 Å². The molecule has 0 aliphatic carbocycles. The molecule has 2 amide bonds. The molecule has 5 heteroatoms. The monoisotopic (exact) mass is 410 g/mol. The minimum atomic E-state index is -0.296. The second-order valence-corrected chi connectivity index (χ2v) is 8.74. The van der Waals surface area contributed by atoms with Crippen LogP contribution >= 0.6 is 0 Å². The fourth-order valence-electron chi connectivity index (χ4n) is 3.94. The van der Waals surface area contributed by atoms with Crippen molar-refractivity contribution in [3.63, 3.8) is 0 Å². The molecule has 2 atom stereocenters. The number of benzene rings is 2. The zero-order valence-corrected chi connectivity index (χ0v) is 18.0. The van der Waals surface area contributed by atoms with E-state index in [1.807, 2.05) is 19.1 Å². The standard InChI is InChI=1S/C25H31FN2O2/c1-17(2)12-19-8-10-21(11-9-19)18(3)25(30)27-14-20-13-24(29)28(15-20)16-22-6-4-5-7-23(22)26/h4-11,17-18,20H,12-16H2,1-3H3,(H,27,30). The van der Waals surface area contributed by atoms with Crippen molar-refractivity contribution in [2.24, 2.45) is 11.8 Å². The number of rotatable bonds is 8. The largest absolute Gasteiger partial charge is 0.355 e. The molecule has 0 radical (unpaired) electrons. The minimum absolute atomic E-state index is 0.00583. The maximum Gasteiger partial charge on any atom is 0.227 e. The lowest BCUT2D eigenvalue weighted by atomic mass is 9.96. The van der Waals surface area contributed by atoms with Crippen molar-refractivity contribution in [1.29, 1.82) is 0 Å². The van der Waals surface area contributed by atoms with Gasteiger partial charge in [0.1, 0.15) is 5.82 Å². The summed E-state index contributed by atoms with van der Waals surface area (Å²) < 4.78 is 13.9. The van der Waals surface area contributed by atoms with Gasteiger partial charge in [-0.05, 0) is 36.5 Å². The average Bonchev–Trinajstić information content (AvgIpc) is 3.07. The number of likely N-dealkylation sites (tertiary alicyclic amines) is 1. The van der Waals surface area contributed by atoms with E-state index in [1.54, 1.807) is 23.1 Å². The highest BCUT2D eigenvalue weighted by Crippen LogP contribution is 2.22. The van der Waals surface area contributed by atoms with Crippen LogP contribution in [-0.2, 0) is 22.6 Å². The van der Waals surface area contributed by atoms with E-state index in [1.165, 1.54) is 11.6 Å². The third-order valence-electron chi connectivity index (χ3n) is 5.70. The molecule has 0 saturated carbocycles. The van der Waals surface area contributed by atoms with Gasteiger partial charge in [0, 0.05) is 37.5 Å². The summed E-state index contributed by atoms with van der Waals surface area (Å²) in [6, 6.07) is 14.8. The van der Waals surface area contributed by atoms with Crippen LogP contribution in [0.4, 0.5) is 4.39 Å². The third kappa shape index (κ3) is 5.68. The maximum absolute atomic E-state index is 13.9. The summed E-state index contributed by atoms with van der Waals surface area (Å²) in [6.07, 6.45) is 1.41. The van der Waals surface area contributed by atoms with Crippen molar-refractivity contribution in [3.05, 3.63) is 71.0 Å². The zero-order chi connectivity index (χ0) is 21.7. The van der Waals surface area contributed by atoms with Gasteiger partial charge in [-0.25, -0.2) is 4.39 Å². The summed E-state index contributed by atoms with van der Waals surface area (Å²) in [5.41, 5.74) is 2.79. The normalized spacial score (nSPS) is 17.4. The van der Waals surface area contributed by atoms with E-state index in [9.17, 15) is 14.0 Å². The SMILES string of the molecule is CC(C)Cc1ccc(C(C)C(=O)NCC2CC(=O)N(Cc3ccccc3F)C2)cc1. The van der Waals surface area contributed by atoms with Crippen LogP contribution < -0.4 is 5.32 Å². The van der Waals surface area contributed by atoms with Crippen molar-refractivity contribution in [1.82, 2.24) is 10.2 Å². The quantitative estimate of drug-likeness (QED) is 0.706. The number of nitrogens with zero attached hydrogens (tertiary/aromatic N) is 1. The van der Waals surface area contributed by atoms with Crippen molar-refractivity contribution in [2.45, 2.75) is 46.1 Å². The zero-order valence-electron chi connectivity index (χ0n) is 18.0. The summed E-state index contributed by atoms with van der Waals surface area (Å²) in [4.78, 5) is 26.6. The molecule has 1 heterocycles. The van der Waals surface area contributed by atoms with Gasteiger partial charge in [-0.3, -0.25) is 9.59 Å². The molecular weight excluding hydrogens is 379 g/mol. The average molecular weight is 411 g/mol. The first-order valence-electron chi connectivity index (χ1n) is 10.7. The minimum Gasteiger partial charge on any atom is -0.355 e. The van der Waals surface area contributed by atoms with Crippen molar-refractivity contribution in [3.8, 4) is 0 Å². The Labute approximate surface area is 178 Å². The van der Waals surface area contributed by atoms with Gasteiger partial charge in [-0.2, -0.15) is 0 Å². The van der Waals surface area contributed by atoms with Crippen molar-refractivity contribution >= 4 is 11.8 Å². The van der Waals surface area contributed by atoms with E-state index in [0.717, 1.165) is 12.0 Å². The van der Waals surface area contributed by atoms with E-state index < -0.39 is 0 Å². The molecule has 160 valence electrons. The Balaban J connectivity index is 1.49. The van der Waals surface area contributed by atoms with Crippen LogP contribution in [0.5, 0.6) is 0 Å². The lowest BCUT2D eigenvalue weighted by molar-refractivity contribution is -0.128. The molecule has 0 bridgehead atoms. The molecule has 3 rings (SSSR count). The first kappa shape index (κ1) is 22.0. The second-order valence-electron chi connectivity index (χ2n) is 8.74. The van der Waals surface area contributed by atoms with Gasteiger partial charge in [-0.15, -0.1) is 0 Å². The smallest absolute Gasteiger partial charge is 0.227 e. The highest BCUT2D eigenvalue weighted by molar-refractivity contribution is 5.83. The topological polar surface area (TPSA) is 49.4 Å². The Morgan fingerprint density at radius 3 is 2.50 bits per heavy atom. The number of amides is 2. The summed E-state index contributed by atoms with van der Waals surface area (Å²) in [6.45, 7) is 7.54. The van der Waals surface area contributed by atoms with E-state index in [-0.39, 0.29) is 36.0 Å². The van der Waals surface area contributed by atoms with Crippen LogP contribution in [0.25, 0.3) is 0 Å². The van der Waals surface area contributed by atoms with E-state index >= 15 is 0 Å². The highest BCUT2D eigenvalue weighted by Gasteiger charge is 2.30. The van der Waals surface area contributed by atoms with Gasteiger partial charge < -0.3 is 10.2 Å². The lowest BCUT2D eigenvalue weighted by Crippen LogP contribution is -2.33. The molecule has 30 heavy (non-hydrogen) atoms. The van der Waals surface area contributed by atoms with E-state index in [0.29, 0.717) is 31.0 Å². The predicted octanol–water partition coefficient (Wildman–Crippen LogP) is 4.29. The highest BCUT2D eigenvalue weighted by atomic mass is 19.1. The van der Waals surface area contributed by atoms with Crippen LogP contribution in [0.2, 0.25) is 0 Å². The Morgan fingerprint density at radius 1 is 1.13 bits per heavy atom. The van der Waals surface area contributed by atoms with Gasteiger partial charge >= 0.3 is 0 Å². The number of carbonyl (C=O) groups excluding carboxylic acids is 2. The van der Waals surface area contributed by atoms with Gasteiger partial charge in [0.15, 0.2) is 0 Å². The van der Waals surface area contributed by atoms with Crippen molar-refractivity contribution < 1.29 is 14.0 Å². The summed E-state index contributed by atoms with van der Waals surface area (Å²) in [5, 5.41) is 2.99. The molecule has 1 aliphatic heterocycles. The fourth-order valence-corrected chi connectivity index (χ4v) is 3.94. The Bertz CT molecular complexity index is 879. The van der Waals surface area contributed by atoms with Gasteiger partial charge in [0.25, 0.3) is 0 Å². The van der Waals surface area contributed by atoms with E-state index in [2.05, 4.69) is 31.3 Å². The van der Waals surface area contributed by atoms with Crippen LogP contribution in [0.3, 0.4) is 0 Å².